The van der Waals surface area contributed by atoms with Gasteiger partial charge in [0.2, 0.25) is 0 Å². The quantitative estimate of drug-likeness (QED) is 0.265. The van der Waals surface area contributed by atoms with Gasteiger partial charge in [0.05, 0.1) is 0 Å². The molecule has 0 radical (unpaired) electrons. The molecule has 1 aromatic rings. The Hall–Kier alpha value is -0.971. The fourth-order valence-corrected chi connectivity index (χ4v) is 4.56. The van der Waals surface area contributed by atoms with Crippen LogP contribution in [0.25, 0.3) is 0 Å². The van der Waals surface area contributed by atoms with Gasteiger partial charge >= 0.3 is 117 Å². The van der Waals surface area contributed by atoms with Gasteiger partial charge in [0.15, 0.2) is 0 Å². The number of hydrogen-bond acceptors (Lipinski definition) is 4. The Morgan fingerprint density at radius 3 is 2.78 bits per heavy atom. The van der Waals surface area contributed by atoms with E-state index in [0.29, 0.717) is 26.8 Å². The standard InChI is InChI=1S/C12H16N2O2SSe/c1-2-11(14-16)12(15)13-8-9-18-17-10-6-4-3-5-7-10/h3-7,16H,2,8-9H2,1H3,(H,13,15)/b14-11+. The average Bonchev–Trinajstić information content (AvgIpc) is 2.41. The molecule has 0 unspecified atom stereocenters. The minimum absolute atomic E-state index is 0.179. The van der Waals surface area contributed by atoms with E-state index in [1.165, 1.54) is 4.90 Å². The number of amides is 1. The zero-order valence-electron chi connectivity index (χ0n) is 10.1. The number of oxime groups is 1. The van der Waals surface area contributed by atoms with E-state index < -0.39 is 0 Å². The fourth-order valence-electron chi connectivity index (χ4n) is 1.17. The first-order valence-corrected chi connectivity index (χ1v) is 9.66. The molecule has 6 heteroatoms. The van der Waals surface area contributed by atoms with Gasteiger partial charge in [0.1, 0.15) is 0 Å². The summed E-state index contributed by atoms with van der Waals surface area (Å²) in [6, 6.07) is 10.2. The van der Waals surface area contributed by atoms with Crippen molar-refractivity contribution in [1.29, 1.82) is 0 Å². The third-order valence-corrected chi connectivity index (χ3v) is 6.27. The maximum absolute atomic E-state index is 11.4. The SMILES string of the molecule is CC/C(=N\O)C(=O)NCC[Se]Sc1ccccc1. The van der Waals surface area contributed by atoms with E-state index in [2.05, 4.69) is 22.6 Å². The molecule has 0 saturated heterocycles. The topological polar surface area (TPSA) is 61.7 Å². The number of carbonyl (C=O) groups excluding carboxylic acids is 1. The van der Waals surface area contributed by atoms with Gasteiger partial charge in [-0.2, -0.15) is 0 Å². The molecule has 0 saturated carbocycles. The maximum atomic E-state index is 11.4. The molecule has 0 spiro atoms. The van der Waals surface area contributed by atoms with Crippen LogP contribution in [0.5, 0.6) is 0 Å². The van der Waals surface area contributed by atoms with E-state index in [-0.39, 0.29) is 11.6 Å². The van der Waals surface area contributed by atoms with Gasteiger partial charge in [-0.05, 0) is 0 Å². The van der Waals surface area contributed by atoms with E-state index >= 15 is 0 Å². The van der Waals surface area contributed by atoms with Gasteiger partial charge in [0, 0.05) is 0 Å². The summed E-state index contributed by atoms with van der Waals surface area (Å²) in [7, 11) is 1.82. The average molecular weight is 331 g/mol. The second kappa shape index (κ2) is 9.03. The van der Waals surface area contributed by atoms with Crippen LogP contribution < -0.4 is 5.32 Å². The van der Waals surface area contributed by atoms with Gasteiger partial charge in [-0.3, -0.25) is 0 Å². The second-order valence-electron chi connectivity index (χ2n) is 3.37. The molecule has 0 aromatic heterocycles. The molecule has 0 bridgehead atoms. The Morgan fingerprint density at radius 2 is 2.17 bits per heavy atom. The number of benzene rings is 1. The predicted molar refractivity (Wildman–Crippen MR) is 75.4 cm³/mol. The van der Waals surface area contributed by atoms with Gasteiger partial charge in [-0.1, -0.05) is 0 Å². The Balaban J connectivity index is 2.14. The summed E-state index contributed by atoms with van der Waals surface area (Å²) in [6.45, 7) is 2.40. The molecule has 0 aliphatic rings. The zero-order chi connectivity index (χ0) is 13.2. The Kier molecular flexibility index (Phi) is 7.57. The van der Waals surface area contributed by atoms with Crippen LogP contribution in [0.4, 0.5) is 0 Å². The first-order valence-electron chi connectivity index (χ1n) is 5.61. The van der Waals surface area contributed by atoms with Crippen molar-refractivity contribution >= 4 is 35.6 Å². The molecule has 98 valence electrons. The predicted octanol–water partition coefficient (Wildman–Crippen LogP) is 2.17. The van der Waals surface area contributed by atoms with Crippen molar-refractivity contribution in [2.75, 3.05) is 6.54 Å². The summed E-state index contributed by atoms with van der Waals surface area (Å²) >= 11 is 0.400. The molecular formula is C12H16N2O2SSe. The third-order valence-electron chi connectivity index (χ3n) is 2.09. The Morgan fingerprint density at radius 1 is 1.44 bits per heavy atom. The van der Waals surface area contributed by atoms with E-state index in [1.54, 1.807) is 6.92 Å². The molecule has 0 aliphatic carbocycles. The summed E-state index contributed by atoms with van der Waals surface area (Å²) < 4.78 is 0. The van der Waals surface area contributed by atoms with E-state index in [9.17, 15) is 4.79 Å². The molecule has 0 atom stereocenters. The number of carbonyl (C=O) groups is 1. The van der Waals surface area contributed by atoms with Crippen LogP contribution in [0, 0.1) is 0 Å². The van der Waals surface area contributed by atoms with Gasteiger partial charge in [-0.15, -0.1) is 0 Å². The fraction of sp³-hybridized carbons (Fsp3) is 0.333. The second-order valence-corrected chi connectivity index (χ2v) is 7.64. The summed E-state index contributed by atoms with van der Waals surface area (Å²) in [6.07, 6.45) is 0.437. The first-order chi connectivity index (χ1) is 8.77. The van der Waals surface area contributed by atoms with Crippen LogP contribution in [0.2, 0.25) is 5.32 Å². The van der Waals surface area contributed by atoms with Crippen molar-refractivity contribution in [3.63, 3.8) is 0 Å². The van der Waals surface area contributed by atoms with Crippen LogP contribution in [0.1, 0.15) is 13.3 Å². The van der Waals surface area contributed by atoms with Crippen LogP contribution in [0.15, 0.2) is 40.4 Å². The third kappa shape index (κ3) is 5.58. The molecular weight excluding hydrogens is 315 g/mol. The number of hydrogen-bond donors (Lipinski definition) is 2. The Labute approximate surface area is 116 Å². The summed E-state index contributed by atoms with van der Waals surface area (Å²) in [4.78, 5) is 12.7. The molecule has 18 heavy (non-hydrogen) atoms. The molecule has 1 amide bonds. The van der Waals surface area contributed by atoms with Crippen LogP contribution in [-0.4, -0.2) is 37.2 Å². The van der Waals surface area contributed by atoms with Crippen LogP contribution >= 0.6 is 10.2 Å². The molecule has 0 fully saturated rings. The normalized spacial score (nSPS) is 11.3. The molecule has 1 rings (SSSR count). The Bertz CT molecular complexity index is 398. The molecule has 1 aromatic carbocycles. The summed E-state index contributed by atoms with van der Waals surface area (Å²) in [5.74, 6) is -0.277. The van der Waals surface area contributed by atoms with E-state index in [4.69, 9.17) is 5.21 Å². The summed E-state index contributed by atoms with van der Waals surface area (Å²) in [5.41, 5.74) is 0.179. The van der Waals surface area contributed by atoms with E-state index in [0.717, 1.165) is 5.32 Å². The first kappa shape index (κ1) is 15.1. The van der Waals surface area contributed by atoms with Crippen molar-refractivity contribution < 1.29 is 10.0 Å². The summed E-state index contributed by atoms with van der Waals surface area (Å²) in [5, 5.41) is 15.2. The van der Waals surface area contributed by atoms with Crippen molar-refractivity contribution in [3.8, 4) is 0 Å². The van der Waals surface area contributed by atoms with E-state index in [1.807, 2.05) is 28.4 Å². The van der Waals surface area contributed by atoms with Gasteiger partial charge < -0.3 is 0 Å². The van der Waals surface area contributed by atoms with Gasteiger partial charge in [0.25, 0.3) is 0 Å². The minimum atomic E-state index is -0.277. The van der Waals surface area contributed by atoms with Crippen molar-refractivity contribution in [3.05, 3.63) is 30.3 Å². The molecule has 0 heterocycles. The molecule has 0 aliphatic heterocycles. The molecule has 4 nitrogen and oxygen atoms in total. The van der Waals surface area contributed by atoms with Crippen LogP contribution in [-0.2, 0) is 4.79 Å². The van der Waals surface area contributed by atoms with Crippen molar-refractivity contribution in [2.45, 2.75) is 23.6 Å². The zero-order valence-corrected chi connectivity index (χ0v) is 12.7. The number of nitrogens with one attached hydrogen (secondary N) is 1. The van der Waals surface area contributed by atoms with Crippen LogP contribution in [0.3, 0.4) is 0 Å². The van der Waals surface area contributed by atoms with Crippen molar-refractivity contribution in [1.82, 2.24) is 5.32 Å². The number of rotatable bonds is 7. The van der Waals surface area contributed by atoms with Gasteiger partial charge in [-0.25, -0.2) is 0 Å². The monoisotopic (exact) mass is 332 g/mol. The molecule has 2 N–H and O–H groups in total. The number of nitrogens with zero attached hydrogens (tertiary/aromatic N) is 1. The van der Waals surface area contributed by atoms with Crippen molar-refractivity contribution in [2.24, 2.45) is 5.16 Å².